The molecule has 0 atom stereocenters. The quantitative estimate of drug-likeness (QED) is 0.775. The van der Waals surface area contributed by atoms with Crippen molar-refractivity contribution in [2.45, 2.75) is 37.6 Å². The lowest BCUT2D eigenvalue weighted by Gasteiger charge is -2.07. The smallest absolute Gasteiger partial charge is 0.273 e. The fourth-order valence-corrected chi connectivity index (χ4v) is 2.18. The van der Waals surface area contributed by atoms with Crippen molar-refractivity contribution in [3.8, 4) is 0 Å². The van der Waals surface area contributed by atoms with Crippen LogP contribution in [0.2, 0.25) is 0 Å². The van der Waals surface area contributed by atoms with Gasteiger partial charge in [-0.2, -0.15) is 0 Å². The molecule has 0 spiro atoms. The Kier molecular flexibility index (Phi) is 2.96. The summed E-state index contributed by atoms with van der Waals surface area (Å²) < 4.78 is 29.4. The highest BCUT2D eigenvalue weighted by atomic mass is 32.2. The predicted octanol–water partition coefficient (Wildman–Crippen LogP) is -0.203. The van der Waals surface area contributed by atoms with Crippen molar-refractivity contribution in [1.29, 1.82) is 0 Å². The third-order valence-corrected chi connectivity index (χ3v) is 3.12. The van der Waals surface area contributed by atoms with Crippen LogP contribution in [-0.4, -0.2) is 29.8 Å². The summed E-state index contributed by atoms with van der Waals surface area (Å²) in [6, 6.07) is 0.152. The Balaban J connectivity index is 2.36. The molecule has 0 radical (unpaired) electrons. The van der Waals surface area contributed by atoms with Crippen LogP contribution in [0.25, 0.3) is 0 Å². The lowest BCUT2D eigenvalue weighted by Crippen LogP contribution is -2.19. The molecule has 8 heteroatoms. The normalized spacial score (nSPS) is 16.6. The zero-order valence-corrected chi connectivity index (χ0v) is 9.77. The van der Waals surface area contributed by atoms with Gasteiger partial charge in [0.1, 0.15) is 6.61 Å². The molecule has 0 aliphatic heterocycles. The molecule has 1 saturated carbocycles. The van der Waals surface area contributed by atoms with Gasteiger partial charge in [0, 0.05) is 12.6 Å². The van der Waals surface area contributed by atoms with Gasteiger partial charge >= 0.3 is 0 Å². The molecular weight excluding hydrogens is 232 g/mol. The number of primary sulfonamides is 1. The molecule has 1 aliphatic rings. The van der Waals surface area contributed by atoms with Crippen LogP contribution in [-0.2, 0) is 21.4 Å². The van der Waals surface area contributed by atoms with Gasteiger partial charge in [-0.25, -0.2) is 13.6 Å². The summed E-state index contributed by atoms with van der Waals surface area (Å²) >= 11 is 0. The summed E-state index contributed by atoms with van der Waals surface area (Å²) in [6.07, 6.45) is 1.86. The molecule has 1 aromatic heterocycles. The van der Waals surface area contributed by atoms with Gasteiger partial charge in [0.15, 0.2) is 5.82 Å². The Labute approximate surface area is 93.7 Å². The zero-order chi connectivity index (χ0) is 11.8. The van der Waals surface area contributed by atoms with Crippen LogP contribution in [0.3, 0.4) is 0 Å². The lowest BCUT2D eigenvalue weighted by atomic mass is 10.5. The number of hydrogen-bond acceptors (Lipinski definition) is 5. The number of nitrogens with two attached hydrogens (primary N) is 1. The standard InChI is InChI=1S/C8H14N4O3S/c1-2-15-5-7-10-11-8(16(9,13)14)12(7)6-3-4-6/h6H,2-5H2,1H3,(H2,9,13,14). The van der Waals surface area contributed by atoms with Crippen LogP contribution in [0.4, 0.5) is 0 Å². The minimum atomic E-state index is -3.81. The molecule has 1 fully saturated rings. The van der Waals surface area contributed by atoms with E-state index in [0.29, 0.717) is 12.4 Å². The maximum Gasteiger partial charge on any atom is 0.273 e. The summed E-state index contributed by atoms with van der Waals surface area (Å²) in [4.78, 5) is 0. The van der Waals surface area contributed by atoms with Crippen molar-refractivity contribution in [1.82, 2.24) is 14.8 Å². The molecule has 16 heavy (non-hydrogen) atoms. The van der Waals surface area contributed by atoms with E-state index in [9.17, 15) is 8.42 Å². The van der Waals surface area contributed by atoms with Crippen LogP contribution >= 0.6 is 0 Å². The highest BCUT2D eigenvalue weighted by Crippen LogP contribution is 2.37. The third kappa shape index (κ3) is 2.23. The first kappa shape index (κ1) is 11.5. The molecule has 2 rings (SSSR count). The first-order valence-corrected chi connectivity index (χ1v) is 6.63. The lowest BCUT2D eigenvalue weighted by molar-refractivity contribution is 0.125. The highest BCUT2D eigenvalue weighted by molar-refractivity contribution is 7.89. The second kappa shape index (κ2) is 4.11. The number of hydrogen-bond donors (Lipinski definition) is 1. The Morgan fingerprint density at radius 1 is 1.50 bits per heavy atom. The monoisotopic (exact) mass is 246 g/mol. The predicted molar refractivity (Wildman–Crippen MR) is 55.0 cm³/mol. The Hall–Kier alpha value is -0.990. The number of aromatic nitrogens is 3. The number of nitrogens with zero attached hydrogens (tertiary/aromatic N) is 3. The summed E-state index contributed by atoms with van der Waals surface area (Å²) in [5, 5.41) is 12.3. The van der Waals surface area contributed by atoms with Crippen molar-refractivity contribution >= 4 is 10.0 Å². The molecule has 0 bridgehead atoms. The molecule has 1 aromatic rings. The molecule has 0 unspecified atom stereocenters. The average Bonchev–Trinajstić information content (AvgIpc) is 2.94. The van der Waals surface area contributed by atoms with Crippen molar-refractivity contribution in [3.05, 3.63) is 5.82 Å². The first-order valence-electron chi connectivity index (χ1n) is 5.08. The van der Waals surface area contributed by atoms with Crippen LogP contribution in [0.5, 0.6) is 0 Å². The van der Waals surface area contributed by atoms with Gasteiger partial charge in [-0.05, 0) is 19.8 Å². The average molecular weight is 246 g/mol. The van der Waals surface area contributed by atoms with Crippen molar-refractivity contribution in [2.75, 3.05) is 6.61 Å². The number of sulfonamides is 1. The van der Waals surface area contributed by atoms with Gasteiger partial charge in [0.25, 0.3) is 15.2 Å². The van der Waals surface area contributed by atoms with E-state index >= 15 is 0 Å². The van der Waals surface area contributed by atoms with Crippen molar-refractivity contribution in [2.24, 2.45) is 5.14 Å². The topological polar surface area (TPSA) is 100 Å². The van der Waals surface area contributed by atoms with Gasteiger partial charge in [-0.1, -0.05) is 0 Å². The van der Waals surface area contributed by atoms with E-state index in [-0.39, 0.29) is 17.8 Å². The first-order chi connectivity index (χ1) is 7.54. The fraction of sp³-hybridized carbons (Fsp3) is 0.750. The van der Waals surface area contributed by atoms with E-state index < -0.39 is 10.0 Å². The maximum absolute atomic E-state index is 11.3. The van der Waals surface area contributed by atoms with E-state index in [4.69, 9.17) is 9.88 Å². The maximum atomic E-state index is 11.3. The number of ether oxygens (including phenoxy) is 1. The molecule has 2 N–H and O–H groups in total. The van der Waals surface area contributed by atoms with Gasteiger partial charge in [0.2, 0.25) is 0 Å². The van der Waals surface area contributed by atoms with E-state index in [0.717, 1.165) is 12.8 Å². The van der Waals surface area contributed by atoms with Crippen LogP contribution < -0.4 is 5.14 Å². The fourth-order valence-electron chi connectivity index (χ4n) is 1.49. The molecule has 1 aliphatic carbocycles. The molecule has 7 nitrogen and oxygen atoms in total. The summed E-state index contributed by atoms with van der Waals surface area (Å²) in [5.74, 6) is 0.522. The van der Waals surface area contributed by atoms with Crippen molar-refractivity contribution < 1.29 is 13.2 Å². The summed E-state index contributed by atoms with van der Waals surface area (Å²) in [6.45, 7) is 2.66. The van der Waals surface area contributed by atoms with Crippen LogP contribution in [0, 0.1) is 0 Å². The van der Waals surface area contributed by atoms with Gasteiger partial charge < -0.3 is 4.74 Å². The zero-order valence-electron chi connectivity index (χ0n) is 8.96. The van der Waals surface area contributed by atoms with E-state index in [1.807, 2.05) is 6.92 Å². The summed E-state index contributed by atoms with van der Waals surface area (Å²) in [7, 11) is -3.81. The van der Waals surface area contributed by atoms with Crippen molar-refractivity contribution in [3.63, 3.8) is 0 Å². The van der Waals surface area contributed by atoms with Gasteiger partial charge in [0.05, 0.1) is 0 Å². The Bertz CT molecular complexity index is 477. The van der Waals surface area contributed by atoms with Gasteiger partial charge in [-0.3, -0.25) is 4.57 Å². The Morgan fingerprint density at radius 3 is 2.69 bits per heavy atom. The van der Waals surface area contributed by atoms with E-state index in [1.165, 1.54) is 0 Å². The third-order valence-electron chi connectivity index (χ3n) is 2.34. The second-order valence-electron chi connectivity index (χ2n) is 3.68. The molecule has 0 amide bonds. The van der Waals surface area contributed by atoms with Crippen LogP contribution in [0.1, 0.15) is 31.6 Å². The van der Waals surface area contributed by atoms with Gasteiger partial charge in [-0.15, -0.1) is 10.2 Å². The molecule has 1 heterocycles. The Morgan fingerprint density at radius 2 is 2.19 bits per heavy atom. The number of rotatable bonds is 5. The molecule has 0 saturated heterocycles. The second-order valence-corrected chi connectivity index (χ2v) is 5.14. The molecule has 0 aromatic carbocycles. The van der Waals surface area contributed by atoms with E-state index in [2.05, 4.69) is 10.2 Å². The molecular formula is C8H14N4O3S. The van der Waals surface area contributed by atoms with E-state index in [1.54, 1.807) is 4.57 Å². The van der Waals surface area contributed by atoms with Crippen LogP contribution in [0.15, 0.2) is 5.16 Å². The summed E-state index contributed by atoms with van der Waals surface area (Å²) in [5.41, 5.74) is 0. The largest absolute Gasteiger partial charge is 0.374 e. The molecule has 90 valence electrons. The SMILES string of the molecule is CCOCc1nnc(S(N)(=O)=O)n1C1CC1. The minimum Gasteiger partial charge on any atom is -0.374 e. The highest BCUT2D eigenvalue weighted by Gasteiger charge is 2.32. The minimum absolute atomic E-state index is 0.152.